The molecule has 1 heterocycles. The third-order valence-electron chi connectivity index (χ3n) is 3.19. The molecule has 0 saturated heterocycles. The molecule has 0 radical (unpaired) electrons. The normalized spacial score (nSPS) is 14.9. The van der Waals surface area contributed by atoms with Gasteiger partial charge in [-0.25, -0.2) is 4.39 Å². The van der Waals surface area contributed by atoms with Crippen molar-refractivity contribution in [1.82, 2.24) is 0 Å². The highest BCUT2D eigenvalue weighted by Gasteiger charge is 2.23. The smallest absolute Gasteiger partial charge is 0.162 e. The molecule has 3 rings (SSSR count). The van der Waals surface area contributed by atoms with Gasteiger partial charge in [0.05, 0.1) is 4.83 Å². The fourth-order valence-corrected chi connectivity index (χ4v) is 4.76. The number of alkyl halides is 1. The molecule has 0 amide bonds. The van der Waals surface area contributed by atoms with Crippen molar-refractivity contribution in [3.8, 4) is 11.5 Å². The van der Waals surface area contributed by atoms with Crippen LogP contribution in [0.3, 0.4) is 0 Å². The fourth-order valence-electron chi connectivity index (χ4n) is 2.18. The number of hydrogen-bond donors (Lipinski definition) is 0. The van der Waals surface area contributed by atoms with E-state index < -0.39 is 0 Å². The summed E-state index contributed by atoms with van der Waals surface area (Å²) >= 11 is 10.5. The number of ether oxygens (including phenoxy) is 2. The van der Waals surface area contributed by atoms with Gasteiger partial charge in [0, 0.05) is 14.5 Å². The highest BCUT2D eigenvalue weighted by atomic mass is 79.9. The fraction of sp³-hybridized carbons (Fsp3) is 0.200. The number of halogens is 4. The minimum atomic E-state index is -0.307. The van der Waals surface area contributed by atoms with Crippen LogP contribution in [0.1, 0.15) is 16.0 Å². The molecule has 0 N–H and O–H groups in total. The van der Waals surface area contributed by atoms with Crippen LogP contribution in [0.25, 0.3) is 0 Å². The maximum absolute atomic E-state index is 14.1. The molecule has 0 bridgehead atoms. The van der Waals surface area contributed by atoms with Crippen LogP contribution in [0, 0.1) is 5.82 Å². The van der Waals surface area contributed by atoms with Crippen LogP contribution < -0.4 is 9.47 Å². The van der Waals surface area contributed by atoms with Crippen molar-refractivity contribution in [3.05, 3.63) is 56.2 Å². The van der Waals surface area contributed by atoms with Crippen molar-refractivity contribution < 1.29 is 13.9 Å². The van der Waals surface area contributed by atoms with Crippen LogP contribution in [-0.2, 0) is 0 Å². The zero-order chi connectivity index (χ0) is 15.0. The molecule has 2 aromatic carbocycles. The van der Waals surface area contributed by atoms with E-state index in [1.165, 1.54) is 6.07 Å². The van der Waals surface area contributed by atoms with Crippen molar-refractivity contribution in [2.24, 2.45) is 0 Å². The number of benzene rings is 2. The number of rotatable bonds is 2. The van der Waals surface area contributed by atoms with E-state index in [-0.39, 0.29) is 10.6 Å². The summed E-state index contributed by atoms with van der Waals surface area (Å²) in [5.41, 5.74) is 1.43. The summed E-state index contributed by atoms with van der Waals surface area (Å²) in [7, 11) is 0. The van der Waals surface area contributed by atoms with Crippen molar-refractivity contribution in [2.75, 3.05) is 13.2 Å². The van der Waals surface area contributed by atoms with Gasteiger partial charge in [0.25, 0.3) is 0 Å². The lowest BCUT2D eigenvalue weighted by Gasteiger charge is -2.22. The quantitative estimate of drug-likeness (QED) is 0.520. The lowest BCUT2D eigenvalue weighted by molar-refractivity contribution is 0.171. The van der Waals surface area contributed by atoms with Crippen LogP contribution in [0.4, 0.5) is 4.39 Å². The Kier molecular flexibility index (Phi) is 4.57. The van der Waals surface area contributed by atoms with E-state index in [1.807, 2.05) is 18.2 Å². The molecule has 6 heteroatoms. The van der Waals surface area contributed by atoms with Gasteiger partial charge in [0.15, 0.2) is 11.5 Å². The summed E-state index contributed by atoms with van der Waals surface area (Å²) in [5.74, 6) is 1.11. The van der Waals surface area contributed by atoms with Gasteiger partial charge < -0.3 is 9.47 Å². The van der Waals surface area contributed by atoms with Crippen molar-refractivity contribution in [2.45, 2.75) is 4.83 Å². The van der Waals surface area contributed by atoms with Crippen LogP contribution in [0.15, 0.2) is 39.3 Å². The van der Waals surface area contributed by atoms with Gasteiger partial charge in [-0.1, -0.05) is 53.9 Å². The zero-order valence-corrected chi connectivity index (χ0v) is 15.5. The molecule has 0 spiro atoms. The first-order valence-electron chi connectivity index (χ1n) is 6.25. The number of hydrogen-bond acceptors (Lipinski definition) is 2. The SMILES string of the molecule is Fc1cccc(Br)c1C(Br)c1cc2c(cc1Br)OCCO2. The maximum atomic E-state index is 14.1. The Balaban J connectivity index is 2.07. The summed E-state index contributed by atoms with van der Waals surface area (Å²) in [6.45, 7) is 1.06. The Bertz CT molecular complexity index is 671. The minimum absolute atomic E-state index is 0.270. The summed E-state index contributed by atoms with van der Waals surface area (Å²) in [6, 6.07) is 8.66. The first kappa shape index (κ1) is 15.3. The van der Waals surface area contributed by atoms with Crippen LogP contribution >= 0.6 is 47.8 Å². The molecular formula is C15H10Br3FO2. The van der Waals surface area contributed by atoms with Gasteiger partial charge in [0.1, 0.15) is 19.0 Å². The van der Waals surface area contributed by atoms with Crippen molar-refractivity contribution in [1.29, 1.82) is 0 Å². The monoisotopic (exact) mass is 478 g/mol. The van der Waals surface area contributed by atoms with Crippen molar-refractivity contribution >= 4 is 47.8 Å². The topological polar surface area (TPSA) is 18.5 Å². The second kappa shape index (κ2) is 6.26. The lowest BCUT2D eigenvalue weighted by Crippen LogP contribution is -2.15. The molecule has 0 aliphatic carbocycles. The molecular weight excluding hydrogens is 471 g/mol. The molecule has 0 saturated carbocycles. The molecule has 1 aliphatic heterocycles. The Hall–Kier alpha value is -0.590. The zero-order valence-electron chi connectivity index (χ0n) is 10.7. The average molecular weight is 481 g/mol. The third kappa shape index (κ3) is 2.98. The minimum Gasteiger partial charge on any atom is -0.486 e. The first-order valence-corrected chi connectivity index (χ1v) is 8.75. The summed E-state index contributed by atoms with van der Waals surface area (Å²) in [6.07, 6.45) is 0. The van der Waals surface area contributed by atoms with E-state index in [2.05, 4.69) is 47.8 Å². The van der Waals surface area contributed by atoms with E-state index in [4.69, 9.17) is 9.47 Å². The third-order valence-corrected chi connectivity index (χ3v) is 5.52. The van der Waals surface area contributed by atoms with Crippen molar-refractivity contribution in [3.63, 3.8) is 0 Å². The Labute approximate surface area is 147 Å². The van der Waals surface area contributed by atoms with Gasteiger partial charge in [-0.2, -0.15) is 0 Å². The molecule has 2 aromatic rings. The van der Waals surface area contributed by atoms with Gasteiger partial charge >= 0.3 is 0 Å². The Morgan fingerprint density at radius 3 is 2.33 bits per heavy atom. The molecule has 0 aromatic heterocycles. The molecule has 1 atom stereocenters. The molecule has 1 aliphatic rings. The Morgan fingerprint density at radius 1 is 1.00 bits per heavy atom. The maximum Gasteiger partial charge on any atom is 0.162 e. The van der Waals surface area contributed by atoms with E-state index in [9.17, 15) is 4.39 Å². The largest absolute Gasteiger partial charge is 0.486 e. The molecule has 110 valence electrons. The van der Waals surface area contributed by atoms with Gasteiger partial charge in [0.2, 0.25) is 0 Å². The highest BCUT2D eigenvalue weighted by Crippen LogP contribution is 2.44. The predicted molar refractivity (Wildman–Crippen MR) is 90.0 cm³/mol. The van der Waals surface area contributed by atoms with Gasteiger partial charge in [-0.3, -0.25) is 0 Å². The second-order valence-corrected chi connectivity index (χ2v) is 7.14. The summed E-state index contributed by atoms with van der Waals surface area (Å²) in [5, 5.41) is 0. The summed E-state index contributed by atoms with van der Waals surface area (Å²) in [4.78, 5) is -0.307. The average Bonchev–Trinajstić information content (AvgIpc) is 2.46. The molecule has 0 fully saturated rings. The van der Waals surface area contributed by atoms with Crippen LogP contribution in [0.2, 0.25) is 0 Å². The van der Waals surface area contributed by atoms with E-state index in [1.54, 1.807) is 6.07 Å². The highest BCUT2D eigenvalue weighted by molar-refractivity contribution is 9.11. The summed E-state index contributed by atoms with van der Waals surface area (Å²) < 4.78 is 26.8. The molecule has 1 unspecified atom stereocenters. The van der Waals surface area contributed by atoms with Crippen LogP contribution in [0.5, 0.6) is 11.5 Å². The van der Waals surface area contributed by atoms with Gasteiger partial charge in [-0.15, -0.1) is 0 Å². The van der Waals surface area contributed by atoms with Crippen LogP contribution in [-0.4, -0.2) is 13.2 Å². The van der Waals surface area contributed by atoms with Gasteiger partial charge in [-0.05, 0) is 29.8 Å². The molecule has 2 nitrogen and oxygen atoms in total. The first-order chi connectivity index (χ1) is 10.1. The lowest BCUT2D eigenvalue weighted by atomic mass is 10.0. The van der Waals surface area contributed by atoms with E-state index in [0.29, 0.717) is 34.7 Å². The standard InChI is InChI=1S/C15H10Br3FO2/c16-9-2-1-3-11(19)14(9)15(18)8-6-12-13(7-10(8)17)21-5-4-20-12/h1-3,6-7,15H,4-5H2. The predicted octanol–water partition coefficient (Wildman–Crippen LogP) is 5.61. The van der Waals surface area contributed by atoms with E-state index in [0.717, 1.165) is 10.0 Å². The second-order valence-electron chi connectivity index (χ2n) is 4.52. The van der Waals surface area contributed by atoms with E-state index >= 15 is 0 Å². The molecule has 21 heavy (non-hydrogen) atoms. The Morgan fingerprint density at radius 2 is 1.67 bits per heavy atom. The number of fused-ring (bicyclic) bond motifs is 1.